The smallest absolute Gasteiger partial charge is 0.174 e. The summed E-state index contributed by atoms with van der Waals surface area (Å²) in [7, 11) is 0. The van der Waals surface area contributed by atoms with Gasteiger partial charge in [-0.25, -0.2) is 0 Å². The molecule has 4 fully saturated rings. The highest BCUT2D eigenvalue weighted by Crippen LogP contribution is 2.73. The SMILES string of the molecule is C[C@]12CC[C@@H](O)CC1=CC[C@@H]1C2CC[C@]2(C)C3(CC[C@@]12C)OCCO3. The van der Waals surface area contributed by atoms with Gasteiger partial charge < -0.3 is 14.6 Å². The third-order valence-electron chi connectivity index (χ3n) is 9.71. The second-order valence-corrected chi connectivity index (χ2v) is 10.2. The van der Waals surface area contributed by atoms with Crippen molar-refractivity contribution in [1.29, 1.82) is 0 Å². The van der Waals surface area contributed by atoms with Crippen LogP contribution in [0.1, 0.15) is 72.1 Å². The van der Waals surface area contributed by atoms with E-state index in [1.807, 2.05) is 0 Å². The lowest BCUT2D eigenvalue weighted by atomic mass is 9.43. The van der Waals surface area contributed by atoms with Crippen LogP contribution >= 0.6 is 0 Å². The summed E-state index contributed by atoms with van der Waals surface area (Å²) in [6.45, 7) is 9.04. The molecule has 6 atom stereocenters. The average Bonchev–Trinajstić information content (AvgIpc) is 3.15. The predicted octanol–water partition coefficient (Wildman–Crippen LogP) is 4.44. The Morgan fingerprint density at radius 1 is 0.960 bits per heavy atom. The molecule has 1 saturated heterocycles. The van der Waals surface area contributed by atoms with Crippen molar-refractivity contribution < 1.29 is 14.6 Å². The lowest BCUT2D eigenvalue weighted by Crippen LogP contribution is -2.59. The summed E-state index contributed by atoms with van der Waals surface area (Å²) >= 11 is 0. The molecule has 3 saturated carbocycles. The lowest BCUT2D eigenvalue weighted by Gasteiger charge is -2.63. The maximum absolute atomic E-state index is 10.2. The zero-order chi connectivity index (χ0) is 17.5. The molecule has 0 aromatic rings. The fraction of sp³-hybridized carbons (Fsp3) is 0.909. The molecule has 3 heteroatoms. The number of aliphatic hydroxyl groups is 1. The molecule has 1 unspecified atom stereocenters. The van der Waals surface area contributed by atoms with E-state index in [0.717, 1.165) is 50.7 Å². The highest BCUT2D eigenvalue weighted by molar-refractivity contribution is 5.27. The van der Waals surface area contributed by atoms with E-state index < -0.39 is 0 Å². The largest absolute Gasteiger partial charge is 0.393 e. The van der Waals surface area contributed by atoms with Crippen molar-refractivity contribution in [1.82, 2.24) is 0 Å². The van der Waals surface area contributed by atoms with E-state index >= 15 is 0 Å². The van der Waals surface area contributed by atoms with Gasteiger partial charge in [0.05, 0.1) is 19.3 Å². The van der Waals surface area contributed by atoms with E-state index in [2.05, 4.69) is 26.8 Å². The van der Waals surface area contributed by atoms with E-state index in [1.165, 1.54) is 25.7 Å². The van der Waals surface area contributed by atoms with Crippen molar-refractivity contribution in [2.24, 2.45) is 28.1 Å². The molecule has 25 heavy (non-hydrogen) atoms. The van der Waals surface area contributed by atoms with Crippen LogP contribution in [-0.2, 0) is 9.47 Å². The maximum atomic E-state index is 10.2. The number of ether oxygens (including phenoxy) is 2. The Bertz CT molecular complexity index is 606. The quantitative estimate of drug-likeness (QED) is 0.659. The second kappa shape index (κ2) is 5.11. The van der Waals surface area contributed by atoms with Crippen LogP contribution in [0.25, 0.3) is 0 Å². The molecule has 1 heterocycles. The fourth-order valence-corrected chi connectivity index (χ4v) is 7.90. The molecule has 3 nitrogen and oxygen atoms in total. The molecule has 140 valence electrons. The lowest BCUT2D eigenvalue weighted by molar-refractivity contribution is -0.260. The third-order valence-corrected chi connectivity index (χ3v) is 9.71. The minimum Gasteiger partial charge on any atom is -0.393 e. The molecule has 0 aromatic carbocycles. The van der Waals surface area contributed by atoms with Crippen LogP contribution in [0.4, 0.5) is 0 Å². The van der Waals surface area contributed by atoms with Crippen molar-refractivity contribution in [2.45, 2.75) is 84.0 Å². The van der Waals surface area contributed by atoms with Crippen molar-refractivity contribution >= 4 is 0 Å². The highest BCUT2D eigenvalue weighted by Gasteiger charge is 2.71. The number of aliphatic hydroxyl groups excluding tert-OH is 1. The summed E-state index contributed by atoms with van der Waals surface area (Å²) in [6, 6.07) is 0. The molecule has 1 N–H and O–H groups in total. The van der Waals surface area contributed by atoms with Gasteiger partial charge in [-0.1, -0.05) is 32.4 Å². The Hall–Kier alpha value is -0.380. The van der Waals surface area contributed by atoms with Crippen LogP contribution in [0.15, 0.2) is 11.6 Å². The molecule has 1 spiro atoms. The van der Waals surface area contributed by atoms with Crippen LogP contribution in [0.5, 0.6) is 0 Å². The minimum atomic E-state index is -0.319. The minimum absolute atomic E-state index is 0.115. The van der Waals surface area contributed by atoms with Gasteiger partial charge in [0.1, 0.15) is 0 Å². The summed E-state index contributed by atoms with van der Waals surface area (Å²) in [5.41, 5.74) is 2.29. The normalized spacial score (nSPS) is 53.9. The molecular weight excluding hydrogens is 312 g/mol. The molecule has 1 aliphatic heterocycles. The number of rotatable bonds is 0. The van der Waals surface area contributed by atoms with Crippen molar-refractivity contribution in [3.63, 3.8) is 0 Å². The van der Waals surface area contributed by atoms with E-state index in [9.17, 15) is 5.11 Å². The van der Waals surface area contributed by atoms with Gasteiger partial charge in [0.25, 0.3) is 0 Å². The van der Waals surface area contributed by atoms with Crippen LogP contribution in [0.3, 0.4) is 0 Å². The van der Waals surface area contributed by atoms with Crippen molar-refractivity contribution in [3.05, 3.63) is 11.6 Å². The number of allylic oxidation sites excluding steroid dienone is 1. The van der Waals surface area contributed by atoms with Gasteiger partial charge in [0.15, 0.2) is 5.79 Å². The van der Waals surface area contributed by atoms with Crippen LogP contribution in [0, 0.1) is 28.1 Å². The van der Waals surface area contributed by atoms with Gasteiger partial charge in [-0.3, -0.25) is 0 Å². The molecule has 0 amide bonds. The summed E-state index contributed by atoms with van der Waals surface area (Å²) in [5.74, 6) is 1.16. The Labute approximate surface area is 152 Å². The van der Waals surface area contributed by atoms with Gasteiger partial charge in [-0.15, -0.1) is 0 Å². The first-order chi connectivity index (χ1) is 11.8. The van der Waals surface area contributed by atoms with E-state index in [1.54, 1.807) is 5.57 Å². The first-order valence-corrected chi connectivity index (χ1v) is 10.5. The zero-order valence-corrected chi connectivity index (χ0v) is 16.1. The topological polar surface area (TPSA) is 38.7 Å². The van der Waals surface area contributed by atoms with Gasteiger partial charge in [-0.05, 0) is 67.6 Å². The second-order valence-electron chi connectivity index (χ2n) is 10.2. The number of fused-ring (bicyclic) bond motifs is 6. The van der Waals surface area contributed by atoms with Gasteiger partial charge in [0.2, 0.25) is 0 Å². The Morgan fingerprint density at radius 2 is 1.72 bits per heavy atom. The molecule has 5 rings (SSSR count). The van der Waals surface area contributed by atoms with Crippen LogP contribution in [0.2, 0.25) is 0 Å². The van der Waals surface area contributed by atoms with Crippen molar-refractivity contribution in [3.8, 4) is 0 Å². The highest BCUT2D eigenvalue weighted by atomic mass is 16.7. The molecule has 0 radical (unpaired) electrons. The molecule has 0 bridgehead atoms. The maximum Gasteiger partial charge on any atom is 0.174 e. The monoisotopic (exact) mass is 346 g/mol. The van der Waals surface area contributed by atoms with E-state index in [-0.39, 0.29) is 17.3 Å². The third kappa shape index (κ3) is 1.88. The molecule has 5 aliphatic rings. The summed E-state index contributed by atoms with van der Waals surface area (Å²) in [4.78, 5) is 0. The molecular formula is C22H34O3. The van der Waals surface area contributed by atoms with Gasteiger partial charge >= 0.3 is 0 Å². The number of hydrogen-bond acceptors (Lipinski definition) is 3. The van der Waals surface area contributed by atoms with E-state index in [4.69, 9.17) is 9.47 Å². The van der Waals surface area contributed by atoms with Gasteiger partial charge in [0, 0.05) is 11.8 Å². The summed E-state index contributed by atoms with van der Waals surface area (Å²) < 4.78 is 12.6. The van der Waals surface area contributed by atoms with Gasteiger partial charge in [-0.2, -0.15) is 0 Å². The van der Waals surface area contributed by atoms with Crippen molar-refractivity contribution in [2.75, 3.05) is 13.2 Å². The Balaban J connectivity index is 1.54. The average molecular weight is 347 g/mol. The zero-order valence-electron chi connectivity index (χ0n) is 16.1. The first kappa shape index (κ1) is 16.8. The standard InChI is InChI=1S/C22H34O3/c1-19-8-6-16(23)14-15(19)4-5-18-17(19)7-9-21(3)20(18,2)10-11-22(21)24-12-13-25-22/h4,16-18,23H,5-14H2,1-3H3/t16-,17?,18-,19+,20+,21+/m1/s1. The molecule has 4 aliphatic carbocycles. The summed E-state index contributed by atoms with van der Waals surface area (Å²) in [5, 5.41) is 10.2. The first-order valence-electron chi connectivity index (χ1n) is 10.5. The van der Waals surface area contributed by atoms with Crippen LogP contribution < -0.4 is 0 Å². The number of hydrogen-bond donors (Lipinski definition) is 1. The van der Waals surface area contributed by atoms with Crippen LogP contribution in [-0.4, -0.2) is 30.2 Å². The fourth-order valence-electron chi connectivity index (χ4n) is 7.90. The Morgan fingerprint density at radius 3 is 2.48 bits per heavy atom. The Kier molecular flexibility index (Phi) is 3.43. The summed E-state index contributed by atoms with van der Waals surface area (Å²) in [6.07, 6.45) is 11.4. The van der Waals surface area contributed by atoms with E-state index in [0.29, 0.717) is 10.8 Å². The predicted molar refractivity (Wildman–Crippen MR) is 97.0 cm³/mol. The molecule has 0 aromatic heterocycles.